The third-order valence-electron chi connectivity index (χ3n) is 7.45. The zero-order chi connectivity index (χ0) is 25.2. The lowest BCUT2D eigenvalue weighted by atomic mass is 9.82. The van der Waals surface area contributed by atoms with E-state index in [2.05, 4.69) is 19.8 Å². The number of hydrogen-bond donors (Lipinski definition) is 0. The molecule has 0 saturated carbocycles. The van der Waals surface area contributed by atoms with Gasteiger partial charge in [0.25, 0.3) is 5.69 Å². The van der Waals surface area contributed by atoms with Crippen molar-refractivity contribution in [1.82, 2.24) is 14.9 Å². The van der Waals surface area contributed by atoms with Crippen LogP contribution in [0.1, 0.15) is 25.3 Å². The maximum atomic E-state index is 14.0. The highest BCUT2D eigenvalue weighted by atomic mass is 16.6. The molecule has 1 amide bonds. The molecule has 3 aliphatic heterocycles. The molecule has 36 heavy (non-hydrogen) atoms. The molecule has 190 valence electrons. The number of piperazine rings is 1. The molecule has 2 aromatic rings. The minimum absolute atomic E-state index is 0.0165. The minimum Gasteiger partial charge on any atom is -0.466 e. The third kappa shape index (κ3) is 4.57. The molecule has 0 spiro atoms. The first-order valence-corrected chi connectivity index (χ1v) is 12.5. The topological polar surface area (TPSA) is 122 Å². The van der Waals surface area contributed by atoms with Crippen molar-refractivity contribution in [2.24, 2.45) is 11.8 Å². The van der Waals surface area contributed by atoms with Gasteiger partial charge in [0.2, 0.25) is 5.91 Å². The molecule has 1 aromatic heterocycles. The van der Waals surface area contributed by atoms with Crippen LogP contribution in [0.4, 0.5) is 17.2 Å². The van der Waals surface area contributed by atoms with Crippen molar-refractivity contribution >= 4 is 29.1 Å². The van der Waals surface area contributed by atoms with Gasteiger partial charge in [0.15, 0.2) is 0 Å². The molecule has 3 atom stereocenters. The summed E-state index contributed by atoms with van der Waals surface area (Å²) < 4.78 is 5.22. The molecule has 4 heterocycles. The number of aromatic nitrogens is 2. The first-order valence-electron chi connectivity index (χ1n) is 12.5. The smallest absolute Gasteiger partial charge is 0.310 e. The number of nitrogens with zero attached hydrogens (tertiary/aromatic N) is 6. The summed E-state index contributed by atoms with van der Waals surface area (Å²) >= 11 is 0. The van der Waals surface area contributed by atoms with E-state index in [0.717, 1.165) is 23.5 Å². The summed E-state index contributed by atoms with van der Waals surface area (Å²) in [6.07, 6.45) is 6.87. The number of esters is 1. The molecule has 0 bridgehead atoms. The van der Waals surface area contributed by atoms with Gasteiger partial charge in [-0.3, -0.25) is 24.7 Å². The van der Waals surface area contributed by atoms with E-state index >= 15 is 0 Å². The first-order chi connectivity index (χ1) is 17.5. The van der Waals surface area contributed by atoms with Crippen LogP contribution < -0.4 is 9.80 Å². The van der Waals surface area contributed by atoms with Crippen molar-refractivity contribution in [3.63, 3.8) is 0 Å². The van der Waals surface area contributed by atoms with Gasteiger partial charge in [0, 0.05) is 62.9 Å². The molecule has 2 saturated heterocycles. The van der Waals surface area contributed by atoms with E-state index in [1.54, 1.807) is 42.5 Å². The molecular weight excluding hydrogens is 464 g/mol. The largest absolute Gasteiger partial charge is 0.466 e. The summed E-state index contributed by atoms with van der Waals surface area (Å²) in [6.45, 7) is 4.97. The maximum Gasteiger partial charge on any atom is 0.310 e. The number of carbonyl (C=O) groups is 2. The lowest BCUT2D eigenvalue weighted by Gasteiger charge is -2.50. The highest BCUT2D eigenvalue weighted by Gasteiger charge is 2.44. The number of amides is 1. The fraction of sp³-hybridized carbons (Fsp3) is 0.520. The number of hydrogen-bond acceptors (Lipinski definition) is 9. The summed E-state index contributed by atoms with van der Waals surface area (Å²) in [4.78, 5) is 52.2. The van der Waals surface area contributed by atoms with Gasteiger partial charge in [0.1, 0.15) is 5.82 Å². The molecule has 2 fully saturated rings. The van der Waals surface area contributed by atoms with Crippen LogP contribution >= 0.6 is 0 Å². The predicted molar refractivity (Wildman–Crippen MR) is 132 cm³/mol. The summed E-state index contributed by atoms with van der Waals surface area (Å²) in [5.74, 6) is -0.235. The molecular formula is C25H30N6O5. The second-order valence-electron chi connectivity index (χ2n) is 9.53. The molecule has 0 unspecified atom stereocenters. The lowest BCUT2D eigenvalue weighted by Crippen LogP contribution is -2.62. The number of rotatable bonds is 5. The Morgan fingerprint density at radius 3 is 2.81 bits per heavy atom. The van der Waals surface area contributed by atoms with Crippen LogP contribution in [-0.4, -0.2) is 77.0 Å². The molecule has 3 aliphatic rings. The van der Waals surface area contributed by atoms with Gasteiger partial charge in [-0.2, -0.15) is 0 Å². The molecule has 11 heteroatoms. The number of ether oxygens (including phenoxy) is 1. The van der Waals surface area contributed by atoms with Crippen LogP contribution in [0.2, 0.25) is 0 Å². The summed E-state index contributed by atoms with van der Waals surface area (Å²) in [5.41, 5.74) is 1.78. The van der Waals surface area contributed by atoms with Crippen molar-refractivity contribution in [1.29, 1.82) is 0 Å². The molecule has 0 radical (unpaired) electrons. The molecule has 1 aromatic carbocycles. The van der Waals surface area contributed by atoms with Crippen molar-refractivity contribution in [3.05, 3.63) is 52.5 Å². The summed E-state index contributed by atoms with van der Waals surface area (Å²) in [5, 5.41) is 11.4. The van der Waals surface area contributed by atoms with Crippen molar-refractivity contribution in [2.45, 2.75) is 32.2 Å². The van der Waals surface area contributed by atoms with Gasteiger partial charge < -0.3 is 19.4 Å². The van der Waals surface area contributed by atoms with Gasteiger partial charge >= 0.3 is 5.97 Å². The molecule has 0 N–H and O–H groups in total. The number of carbonyl (C=O) groups excluding carboxylic acids is 2. The highest BCUT2D eigenvalue weighted by Crippen LogP contribution is 2.39. The zero-order valence-electron chi connectivity index (χ0n) is 20.3. The normalized spacial score (nSPS) is 23.5. The Hall–Kier alpha value is -3.76. The van der Waals surface area contributed by atoms with Crippen LogP contribution in [-0.2, 0) is 20.7 Å². The third-order valence-corrected chi connectivity index (χ3v) is 7.45. The van der Waals surface area contributed by atoms with Gasteiger partial charge in [-0.05, 0) is 37.8 Å². The van der Waals surface area contributed by atoms with E-state index < -0.39 is 10.8 Å². The Labute approximate surface area is 209 Å². The summed E-state index contributed by atoms with van der Waals surface area (Å²) in [7, 11) is 0. The fourth-order valence-corrected chi connectivity index (χ4v) is 5.73. The average molecular weight is 495 g/mol. The number of likely N-dealkylation sites (tertiary alicyclic amines) is 1. The van der Waals surface area contributed by atoms with Crippen LogP contribution in [0.5, 0.6) is 0 Å². The minimum atomic E-state index is -0.403. The monoisotopic (exact) mass is 494 g/mol. The first kappa shape index (κ1) is 24.0. The van der Waals surface area contributed by atoms with E-state index in [4.69, 9.17) is 4.74 Å². The van der Waals surface area contributed by atoms with E-state index in [1.807, 2.05) is 0 Å². The maximum absolute atomic E-state index is 14.0. The second kappa shape index (κ2) is 10.1. The van der Waals surface area contributed by atoms with Gasteiger partial charge in [-0.1, -0.05) is 0 Å². The number of nitro groups is 1. The molecule has 5 rings (SSSR count). The van der Waals surface area contributed by atoms with E-state index in [0.29, 0.717) is 52.2 Å². The molecule has 11 nitrogen and oxygen atoms in total. The lowest BCUT2D eigenvalue weighted by molar-refractivity contribution is -0.384. The van der Waals surface area contributed by atoms with Crippen LogP contribution in [0.3, 0.4) is 0 Å². The SMILES string of the molecule is CCOC(=O)[C@@H]1CCCN(C(=O)[C@H]2Cc3cc([N+](=O)[O-])ccc3N3CCN(c4cnccn4)C[C@@H]23)C1. The Bertz CT molecular complexity index is 1150. The summed E-state index contributed by atoms with van der Waals surface area (Å²) in [6, 6.07) is 4.79. The number of fused-ring (bicyclic) bond motifs is 3. The van der Waals surface area contributed by atoms with Crippen molar-refractivity contribution in [3.8, 4) is 0 Å². The quantitative estimate of drug-likeness (QED) is 0.349. The second-order valence-corrected chi connectivity index (χ2v) is 9.53. The van der Waals surface area contributed by atoms with Crippen molar-refractivity contribution < 1.29 is 19.2 Å². The van der Waals surface area contributed by atoms with Gasteiger partial charge in [-0.15, -0.1) is 0 Å². The fourth-order valence-electron chi connectivity index (χ4n) is 5.73. The van der Waals surface area contributed by atoms with Crippen molar-refractivity contribution in [2.75, 3.05) is 49.1 Å². The van der Waals surface area contributed by atoms with E-state index in [9.17, 15) is 19.7 Å². The predicted octanol–water partition coefficient (Wildman–Crippen LogP) is 2.05. The van der Waals surface area contributed by atoms with Crippen LogP contribution in [0.25, 0.3) is 0 Å². The number of nitro benzene ring substituents is 1. The van der Waals surface area contributed by atoms with Crippen LogP contribution in [0.15, 0.2) is 36.8 Å². The average Bonchev–Trinajstić information content (AvgIpc) is 2.92. The Morgan fingerprint density at radius 2 is 2.06 bits per heavy atom. The number of benzene rings is 1. The number of non-ortho nitro benzene ring substituents is 1. The number of anilines is 2. The number of piperidine rings is 1. The van der Waals surface area contributed by atoms with E-state index in [1.165, 1.54) is 6.07 Å². The standard InChI is InChI=1S/C25H30N6O5/c1-2-36-25(33)17-4-3-9-29(15-17)24(32)20-13-18-12-19(31(34)35)5-6-21(18)30-11-10-28(16-22(20)30)23-14-26-7-8-27-23/h5-8,12,14,17,20,22H,2-4,9-11,13,15-16H2,1H3/t17-,20+,22+/m1/s1. The Morgan fingerprint density at radius 1 is 1.19 bits per heavy atom. The van der Waals surface area contributed by atoms with E-state index in [-0.39, 0.29) is 29.5 Å². The Balaban J connectivity index is 1.44. The highest BCUT2D eigenvalue weighted by molar-refractivity contribution is 5.84. The van der Waals surface area contributed by atoms with Gasteiger partial charge in [-0.25, -0.2) is 4.98 Å². The Kier molecular flexibility index (Phi) is 6.71. The zero-order valence-corrected chi connectivity index (χ0v) is 20.3. The van der Waals surface area contributed by atoms with Gasteiger partial charge in [0.05, 0.1) is 35.6 Å². The van der Waals surface area contributed by atoms with Crippen LogP contribution in [0, 0.1) is 22.0 Å². The molecule has 0 aliphatic carbocycles.